The molecule has 0 aliphatic rings. The first-order valence-electron chi connectivity index (χ1n) is 7.13. The minimum atomic E-state index is -3.22. The van der Waals surface area contributed by atoms with Crippen molar-refractivity contribution < 1.29 is 13.6 Å². The van der Waals surface area contributed by atoms with Gasteiger partial charge in [-0.05, 0) is 26.3 Å². The van der Waals surface area contributed by atoms with Crippen molar-refractivity contribution in [2.75, 3.05) is 19.4 Å². The van der Waals surface area contributed by atoms with Gasteiger partial charge in [0.2, 0.25) is 0 Å². The fourth-order valence-corrected chi connectivity index (χ4v) is 3.74. The minimum absolute atomic E-state index is 0.0208. The van der Waals surface area contributed by atoms with E-state index in [4.69, 9.17) is 9.05 Å². The molecule has 0 aliphatic carbocycles. The van der Waals surface area contributed by atoms with Crippen molar-refractivity contribution in [1.82, 2.24) is 5.32 Å². The predicted molar refractivity (Wildman–Crippen MR) is 83.1 cm³/mol. The normalized spacial score (nSPS) is 14.4. The van der Waals surface area contributed by atoms with Gasteiger partial charge in [0.15, 0.2) is 0 Å². The third-order valence-corrected chi connectivity index (χ3v) is 5.08. The molecule has 5 nitrogen and oxygen atoms in total. The Hall–Kier alpha value is -1.18. The molecule has 0 amide bonds. The SMILES string of the molecule is CCOP(=O)(CC(C#N)NC(C)c1ccccc1)OCC. The second-order valence-electron chi connectivity index (χ2n) is 4.61. The van der Waals surface area contributed by atoms with Crippen molar-refractivity contribution in [1.29, 1.82) is 5.26 Å². The molecule has 116 valence electrons. The van der Waals surface area contributed by atoms with Gasteiger partial charge in [-0.15, -0.1) is 0 Å². The van der Waals surface area contributed by atoms with Gasteiger partial charge in [-0.2, -0.15) is 5.26 Å². The smallest absolute Gasteiger partial charge is 0.309 e. The molecule has 0 heterocycles. The van der Waals surface area contributed by atoms with Crippen LogP contribution in [0.5, 0.6) is 0 Å². The summed E-state index contributed by atoms with van der Waals surface area (Å²) in [4.78, 5) is 0. The quantitative estimate of drug-likeness (QED) is 0.707. The maximum atomic E-state index is 12.5. The third-order valence-electron chi connectivity index (χ3n) is 2.96. The summed E-state index contributed by atoms with van der Waals surface area (Å²) in [5, 5.41) is 12.4. The molecule has 0 saturated heterocycles. The van der Waals surface area contributed by atoms with Crippen LogP contribution in [0.25, 0.3) is 0 Å². The molecule has 0 radical (unpaired) electrons. The van der Waals surface area contributed by atoms with E-state index in [0.717, 1.165) is 5.56 Å². The summed E-state index contributed by atoms with van der Waals surface area (Å²) in [5.74, 6) is 0. The summed E-state index contributed by atoms with van der Waals surface area (Å²) in [6.07, 6.45) is 0.0440. The van der Waals surface area contributed by atoms with Gasteiger partial charge in [0.05, 0.1) is 25.4 Å². The Labute approximate surface area is 126 Å². The van der Waals surface area contributed by atoms with E-state index in [0.29, 0.717) is 13.2 Å². The molecule has 0 fully saturated rings. The lowest BCUT2D eigenvalue weighted by atomic mass is 10.1. The van der Waals surface area contributed by atoms with Crippen LogP contribution in [0.4, 0.5) is 0 Å². The molecule has 0 aromatic heterocycles. The number of nitrogens with one attached hydrogen (secondary N) is 1. The molecule has 6 heteroatoms. The van der Waals surface area contributed by atoms with Gasteiger partial charge in [0.1, 0.15) is 6.04 Å². The summed E-state index contributed by atoms with van der Waals surface area (Å²) >= 11 is 0. The average Bonchev–Trinajstić information content (AvgIpc) is 2.47. The minimum Gasteiger partial charge on any atom is -0.309 e. The van der Waals surface area contributed by atoms with Crippen molar-refractivity contribution in [2.45, 2.75) is 32.9 Å². The van der Waals surface area contributed by atoms with Gasteiger partial charge >= 0.3 is 7.60 Å². The summed E-state index contributed by atoms with van der Waals surface area (Å²) in [5.41, 5.74) is 1.07. The highest BCUT2D eigenvalue weighted by Gasteiger charge is 2.29. The van der Waals surface area contributed by atoms with Gasteiger partial charge < -0.3 is 9.05 Å². The molecule has 21 heavy (non-hydrogen) atoms. The first kappa shape index (κ1) is 17.9. The molecule has 0 saturated carbocycles. The Balaban J connectivity index is 2.70. The zero-order valence-corrected chi connectivity index (χ0v) is 13.7. The fraction of sp³-hybridized carbons (Fsp3) is 0.533. The molecule has 2 atom stereocenters. The van der Waals surface area contributed by atoms with E-state index in [-0.39, 0.29) is 12.2 Å². The van der Waals surface area contributed by atoms with E-state index in [2.05, 4.69) is 11.4 Å². The molecule has 2 unspecified atom stereocenters. The number of nitriles is 1. The first-order valence-corrected chi connectivity index (χ1v) is 8.86. The highest BCUT2D eigenvalue weighted by molar-refractivity contribution is 7.53. The van der Waals surface area contributed by atoms with Crippen LogP contribution in [-0.2, 0) is 13.6 Å². The molecular weight excluding hydrogens is 287 g/mol. The van der Waals surface area contributed by atoms with Crippen LogP contribution in [0.3, 0.4) is 0 Å². The molecular formula is C15H23N2O3P. The Morgan fingerprint density at radius 1 is 1.24 bits per heavy atom. The predicted octanol–water partition coefficient (Wildman–Crippen LogP) is 3.50. The van der Waals surface area contributed by atoms with E-state index >= 15 is 0 Å². The average molecular weight is 310 g/mol. The third kappa shape index (κ3) is 5.99. The second kappa shape index (κ2) is 8.96. The monoisotopic (exact) mass is 310 g/mol. The number of hydrogen-bond donors (Lipinski definition) is 1. The summed E-state index contributed by atoms with van der Waals surface area (Å²) < 4.78 is 22.9. The first-order chi connectivity index (χ1) is 10.0. The maximum absolute atomic E-state index is 12.5. The molecule has 1 aromatic carbocycles. The van der Waals surface area contributed by atoms with Crippen LogP contribution in [0.15, 0.2) is 30.3 Å². The Morgan fingerprint density at radius 2 is 1.81 bits per heavy atom. The second-order valence-corrected chi connectivity index (χ2v) is 6.71. The van der Waals surface area contributed by atoms with Gasteiger partial charge in [-0.3, -0.25) is 9.88 Å². The number of benzene rings is 1. The van der Waals surface area contributed by atoms with E-state index in [1.165, 1.54) is 0 Å². The maximum Gasteiger partial charge on any atom is 0.333 e. The van der Waals surface area contributed by atoms with E-state index in [9.17, 15) is 9.83 Å². The van der Waals surface area contributed by atoms with Crippen molar-refractivity contribution in [3.8, 4) is 6.07 Å². The zero-order valence-electron chi connectivity index (χ0n) is 12.8. The molecule has 1 aromatic rings. The van der Waals surface area contributed by atoms with Crippen LogP contribution in [0.2, 0.25) is 0 Å². The van der Waals surface area contributed by atoms with Crippen LogP contribution < -0.4 is 5.32 Å². The summed E-state index contributed by atoms with van der Waals surface area (Å²) in [7, 11) is -3.22. The van der Waals surface area contributed by atoms with Crippen molar-refractivity contribution in [2.24, 2.45) is 0 Å². The number of rotatable bonds is 9. The largest absolute Gasteiger partial charge is 0.333 e. The van der Waals surface area contributed by atoms with E-state index in [1.807, 2.05) is 37.3 Å². The van der Waals surface area contributed by atoms with Gasteiger partial charge in [-0.25, -0.2) is 0 Å². The van der Waals surface area contributed by atoms with Crippen LogP contribution in [0.1, 0.15) is 32.4 Å². The lowest BCUT2D eigenvalue weighted by Gasteiger charge is -2.23. The highest BCUT2D eigenvalue weighted by atomic mass is 31.2. The van der Waals surface area contributed by atoms with E-state index in [1.54, 1.807) is 13.8 Å². The highest BCUT2D eigenvalue weighted by Crippen LogP contribution is 2.48. The van der Waals surface area contributed by atoms with Crippen molar-refractivity contribution >= 4 is 7.60 Å². The molecule has 1 rings (SSSR count). The van der Waals surface area contributed by atoms with Gasteiger partial charge in [0.25, 0.3) is 0 Å². The summed E-state index contributed by atoms with van der Waals surface area (Å²) in [6.45, 7) is 6.07. The lowest BCUT2D eigenvalue weighted by Crippen LogP contribution is -2.33. The van der Waals surface area contributed by atoms with Gasteiger partial charge in [0, 0.05) is 6.04 Å². The summed E-state index contributed by atoms with van der Waals surface area (Å²) in [6, 6.07) is 11.3. The molecule has 0 aliphatic heterocycles. The van der Waals surface area contributed by atoms with Crippen LogP contribution in [-0.4, -0.2) is 25.4 Å². The Morgan fingerprint density at radius 3 is 2.29 bits per heavy atom. The Bertz CT molecular complexity index is 491. The fourth-order valence-electron chi connectivity index (χ4n) is 2.03. The van der Waals surface area contributed by atoms with Crippen molar-refractivity contribution in [3.05, 3.63) is 35.9 Å². The van der Waals surface area contributed by atoms with E-state index < -0.39 is 13.6 Å². The van der Waals surface area contributed by atoms with Crippen molar-refractivity contribution in [3.63, 3.8) is 0 Å². The lowest BCUT2D eigenvalue weighted by molar-refractivity contribution is 0.218. The molecule has 0 bridgehead atoms. The zero-order chi connectivity index (χ0) is 15.7. The Kier molecular flexibility index (Phi) is 7.63. The van der Waals surface area contributed by atoms with Gasteiger partial charge in [-0.1, -0.05) is 30.3 Å². The van der Waals surface area contributed by atoms with Crippen LogP contribution >= 0.6 is 7.60 Å². The standard InChI is InChI=1S/C15H23N2O3P/c1-4-19-21(18,20-5-2)12-15(11-16)17-13(3)14-9-7-6-8-10-14/h6-10,13,15,17H,4-5,12H2,1-3H3. The molecule has 0 spiro atoms. The number of nitrogens with zero attached hydrogens (tertiary/aromatic N) is 1. The molecule has 1 N–H and O–H groups in total. The topological polar surface area (TPSA) is 71.4 Å². The number of hydrogen-bond acceptors (Lipinski definition) is 5. The van der Waals surface area contributed by atoms with Crippen LogP contribution in [0, 0.1) is 11.3 Å².